The zero-order chi connectivity index (χ0) is 33.0. The maximum atomic E-state index is 6.60. The Balaban J connectivity index is 1.20. The molecule has 234 valence electrons. The molecule has 4 heteroatoms. The number of nitrogens with zero attached hydrogens (tertiary/aromatic N) is 3. The normalized spacial score (nSPS) is 12.3. The fourth-order valence-corrected chi connectivity index (χ4v) is 7.59. The van der Waals surface area contributed by atoms with Crippen LogP contribution in [-0.2, 0) is 0 Å². The summed E-state index contributed by atoms with van der Waals surface area (Å²) >= 11 is 0. The van der Waals surface area contributed by atoms with Crippen molar-refractivity contribution in [1.29, 1.82) is 0 Å². The predicted octanol–water partition coefficient (Wildman–Crippen LogP) is 11.6. The van der Waals surface area contributed by atoms with Crippen molar-refractivity contribution in [2.24, 2.45) is 0 Å². The summed E-state index contributed by atoms with van der Waals surface area (Å²) in [6.45, 7) is 0. The number of aromatic nitrogens is 3. The number of hydrogen-bond donors (Lipinski definition) is 0. The monoisotopic (exact) mass is 639 g/mol. The molecule has 50 heavy (non-hydrogen) atoms. The van der Waals surface area contributed by atoms with Crippen molar-refractivity contribution in [3.05, 3.63) is 187 Å². The molecule has 0 N–H and O–H groups in total. The van der Waals surface area contributed by atoms with Crippen molar-refractivity contribution in [3.8, 4) is 56.4 Å². The first-order chi connectivity index (χ1) is 24.8. The SMILES string of the molecule is c1ccc(-c2ccc(-c3nc(-c4ccccc4)nc(-c4cccc5oc6cccc(C7c8ccccc8-c8ccccc87)c6c45)n3)cc2)cc1. The van der Waals surface area contributed by atoms with Crippen molar-refractivity contribution >= 4 is 21.9 Å². The van der Waals surface area contributed by atoms with E-state index in [0.717, 1.165) is 44.2 Å². The minimum absolute atomic E-state index is 0.0666. The molecule has 1 aliphatic carbocycles. The molecule has 4 nitrogen and oxygen atoms in total. The Hall–Kier alpha value is -6.65. The van der Waals surface area contributed by atoms with Crippen molar-refractivity contribution in [2.75, 3.05) is 0 Å². The van der Waals surface area contributed by atoms with Gasteiger partial charge in [0.15, 0.2) is 17.5 Å². The van der Waals surface area contributed by atoms with Crippen LogP contribution in [0.3, 0.4) is 0 Å². The number of fused-ring (bicyclic) bond motifs is 6. The van der Waals surface area contributed by atoms with E-state index >= 15 is 0 Å². The van der Waals surface area contributed by atoms with Crippen LogP contribution in [0.1, 0.15) is 22.6 Å². The second kappa shape index (κ2) is 11.5. The average molecular weight is 640 g/mol. The molecule has 0 amide bonds. The molecule has 0 radical (unpaired) electrons. The Morgan fingerprint density at radius 2 is 0.760 bits per heavy atom. The van der Waals surface area contributed by atoms with Gasteiger partial charge in [0.1, 0.15) is 11.2 Å². The Labute approximate surface area is 289 Å². The molecule has 1 aliphatic rings. The highest BCUT2D eigenvalue weighted by molar-refractivity contribution is 6.14. The van der Waals surface area contributed by atoms with Crippen molar-refractivity contribution in [2.45, 2.75) is 5.92 Å². The van der Waals surface area contributed by atoms with E-state index in [1.807, 2.05) is 48.5 Å². The lowest BCUT2D eigenvalue weighted by Crippen LogP contribution is -2.01. The van der Waals surface area contributed by atoms with E-state index < -0.39 is 0 Å². The fraction of sp³-hybridized carbons (Fsp3) is 0.0217. The molecule has 0 spiro atoms. The van der Waals surface area contributed by atoms with Crippen LogP contribution in [0, 0.1) is 0 Å². The van der Waals surface area contributed by atoms with E-state index in [0.29, 0.717) is 17.5 Å². The zero-order valence-corrected chi connectivity index (χ0v) is 27.0. The predicted molar refractivity (Wildman–Crippen MR) is 202 cm³/mol. The maximum absolute atomic E-state index is 6.60. The van der Waals surface area contributed by atoms with Crippen LogP contribution in [0.2, 0.25) is 0 Å². The first-order valence-corrected chi connectivity index (χ1v) is 16.9. The lowest BCUT2D eigenvalue weighted by atomic mass is 9.86. The number of rotatable bonds is 5. The minimum atomic E-state index is 0.0666. The Morgan fingerprint density at radius 1 is 0.320 bits per heavy atom. The molecule has 9 aromatic rings. The van der Waals surface area contributed by atoms with Gasteiger partial charge in [-0.05, 0) is 51.1 Å². The van der Waals surface area contributed by atoms with E-state index in [2.05, 4.69) is 121 Å². The Morgan fingerprint density at radius 3 is 1.42 bits per heavy atom. The molecule has 0 unspecified atom stereocenters. The van der Waals surface area contributed by atoms with Gasteiger partial charge in [0.05, 0.1) is 0 Å². The standard InChI is InChI=1S/C46H29N3O/c1-3-13-29(14-4-1)30-25-27-32(28-26-30)45-47-44(31-15-5-2-6-16-31)48-46(49-45)38-22-12-24-40-43(38)42-37(21-11-23-39(42)50-40)41-35-19-9-7-17-33(35)34-18-8-10-20-36(34)41/h1-28,41H. The fourth-order valence-electron chi connectivity index (χ4n) is 7.59. The molecular formula is C46H29N3O. The summed E-state index contributed by atoms with van der Waals surface area (Å²) in [4.78, 5) is 15.3. The van der Waals surface area contributed by atoms with Crippen LogP contribution in [0.5, 0.6) is 0 Å². The highest BCUT2D eigenvalue weighted by atomic mass is 16.3. The van der Waals surface area contributed by atoms with Gasteiger partial charge in [-0.25, -0.2) is 15.0 Å². The van der Waals surface area contributed by atoms with Gasteiger partial charge in [0, 0.05) is 33.4 Å². The van der Waals surface area contributed by atoms with Gasteiger partial charge in [-0.1, -0.05) is 158 Å². The zero-order valence-electron chi connectivity index (χ0n) is 27.0. The van der Waals surface area contributed by atoms with Crippen LogP contribution in [0.15, 0.2) is 174 Å². The largest absolute Gasteiger partial charge is 0.456 e. The molecule has 7 aromatic carbocycles. The minimum Gasteiger partial charge on any atom is -0.456 e. The van der Waals surface area contributed by atoms with E-state index in [4.69, 9.17) is 19.4 Å². The number of furan rings is 1. The lowest BCUT2D eigenvalue weighted by molar-refractivity contribution is 0.668. The third-order valence-electron chi connectivity index (χ3n) is 9.86. The number of hydrogen-bond acceptors (Lipinski definition) is 4. The van der Waals surface area contributed by atoms with Crippen molar-refractivity contribution in [3.63, 3.8) is 0 Å². The quantitative estimate of drug-likeness (QED) is 0.188. The summed E-state index contributed by atoms with van der Waals surface area (Å²) in [5, 5.41) is 2.10. The van der Waals surface area contributed by atoms with Crippen LogP contribution in [0.4, 0.5) is 0 Å². The highest BCUT2D eigenvalue weighted by Gasteiger charge is 2.32. The topological polar surface area (TPSA) is 51.8 Å². The highest BCUT2D eigenvalue weighted by Crippen LogP contribution is 2.51. The molecule has 0 bridgehead atoms. The molecule has 0 aliphatic heterocycles. The molecule has 0 atom stereocenters. The van der Waals surface area contributed by atoms with E-state index in [1.165, 1.54) is 33.4 Å². The molecule has 10 rings (SSSR count). The van der Waals surface area contributed by atoms with Crippen LogP contribution < -0.4 is 0 Å². The lowest BCUT2D eigenvalue weighted by Gasteiger charge is -2.16. The van der Waals surface area contributed by atoms with Crippen LogP contribution in [0.25, 0.3) is 78.4 Å². The summed E-state index contributed by atoms with van der Waals surface area (Å²) in [6.07, 6.45) is 0. The molecule has 0 saturated heterocycles. The first-order valence-electron chi connectivity index (χ1n) is 16.9. The average Bonchev–Trinajstić information content (AvgIpc) is 3.75. The van der Waals surface area contributed by atoms with Gasteiger partial charge in [-0.3, -0.25) is 0 Å². The van der Waals surface area contributed by atoms with E-state index in [-0.39, 0.29) is 5.92 Å². The maximum Gasteiger partial charge on any atom is 0.164 e. The summed E-state index contributed by atoms with van der Waals surface area (Å²) in [5.74, 6) is 1.92. The van der Waals surface area contributed by atoms with Gasteiger partial charge >= 0.3 is 0 Å². The third kappa shape index (κ3) is 4.57. The van der Waals surface area contributed by atoms with Gasteiger partial charge in [-0.15, -0.1) is 0 Å². The Kier molecular flexibility index (Phi) is 6.53. The van der Waals surface area contributed by atoms with Crippen LogP contribution >= 0.6 is 0 Å². The van der Waals surface area contributed by atoms with Crippen LogP contribution in [-0.4, -0.2) is 15.0 Å². The Bertz CT molecular complexity index is 2650. The summed E-state index contributed by atoms with van der Waals surface area (Å²) in [5.41, 5.74) is 13.1. The van der Waals surface area contributed by atoms with Gasteiger partial charge in [-0.2, -0.15) is 0 Å². The molecular weight excluding hydrogens is 611 g/mol. The van der Waals surface area contributed by atoms with Gasteiger partial charge < -0.3 is 4.42 Å². The summed E-state index contributed by atoms with van der Waals surface area (Å²) < 4.78 is 6.60. The summed E-state index contributed by atoms with van der Waals surface area (Å²) in [6, 6.07) is 59.1. The molecule has 0 fully saturated rings. The first kappa shape index (κ1) is 28.4. The second-order valence-corrected chi connectivity index (χ2v) is 12.7. The van der Waals surface area contributed by atoms with E-state index in [1.54, 1.807) is 0 Å². The molecule has 0 saturated carbocycles. The number of benzene rings is 7. The molecule has 2 heterocycles. The van der Waals surface area contributed by atoms with Gasteiger partial charge in [0.2, 0.25) is 0 Å². The van der Waals surface area contributed by atoms with Gasteiger partial charge in [0.25, 0.3) is 0 Å². The smallest absolute Gasteiger partial charge is 0.164 e. The van der Waals surface area contributed by atoms with Crippen molar-refractivity contribution < 1.29 is 4.42 Å². The molecule has 2 aromatic heterocycles. The van der Waals surface area contributed by atoms with E-state index in [9.17, 15) is 0 Å². The summed E-state index contributed by atoms with van der Waals surface area (Å²) in [7, 11) is 0. The van der Waals surface area contributed by atoms with Crippen molar-refractivity contribution in [1.82, 2.24) is 15.0 Å². The second-order valence-electron chi connectivity index (χ2n) is 12.7. The third-order valence-corrected chi connectivity index (χ3v) is 9.86.